The Morgan fingerprint density at radius 1 is 1.59 bits per heavy atom. The highest BCUT2D eigenvalue weighted by atomic mass is 19.1. The van der Waals surface area contributed by atoms with Gasteiger partial charge in [0.05, 0.1) is 12.1 Å². The molecule has 2 fully saturated rings. The van der Waals surface area contributed by atoms with Crippen LogP contribution in [0.4, 0.5) is 8.78 Å². The maximum atomic E-state index is 13.4. The zero-order valence-electron chi connectivity index (χ0n) is 9.87. The van der Waals surface area contributed by atoms with E-state index in [4.69, 9.17) is 10.5 Å². The number of fused-ring (bicyclic) bond motifs is 1. The van der Waals surface area contributed by atoms with Gasteiger partial charge in [-0.2, -0.15) is 0 Å². The molecule has 0 amide bonds. The Labute approximate surface area is 99.8 Å². The number of halogens is 2. The van der Waals surface area contributed by atoms with E-state index >= 15 is 0 Å². The van der Waals surface area contributed by atoms with Crippen LogP contribution in [0.3, 0.4) is 0 Å². The Bertz CT molecular complexity index is 300. The van der Waals surface area contributed by atoms with Crippen LogP contribution >= 0.6 is 0 Å². The van der Waals surface area contributed by atoms with Crippen LogP contribution in [0.25, 0.3) is 0 Å². The highest BCUT2D eigenvalue weighted by Gasteiger charge is 2.49. The molecule has 98 valence electrons. The number of hydrogen-bond acceptors (Lipinski definition) is 3. The number of rotatable bonds is 4. The van der Waals surface area contributed by atoms with Gasteiger partial charge >= 0.3 is 0 Å². The SMILES string of the molecule is NC(=NCCF)OC[C@@]12CCCN1C[C@H](F)C2. The number of ether oxygens (including phenoxy) is 1. The smallest absolute Gasteiger partial charge is 0.282 e. The molecule has 2 atom stereocenters. The Hall–Kier alpha value is -0.910. The fourth-order valence-electron chi connectivity index (χ4n) is 2.86. The normalized spacial score (nSPS) is 34.0. The molecular formula is C11H19F2N3O. The van der Waals surface area contributed by atoms with Gasteiger partial charge in [-0.3, -0.25) is 4.90 Å². The maximum Gasteiger partial charge on any atom is 0.282 e. The first-order valence-corrected chi connectivity index (χ1v) is 6.04. The minimum atomic E-state index is -0.775. The van der Waals surface area contributed by atoms with E-state index in [1.165, 1.54) is 0 Å². The number of aliphatic imine (C=N–C) groups is 1. The number of amidine groups is 1. The van der Waals surface area contributed by atoms with Crippen LogP contribution in [0.5, 0.6) is 0 Å². The maximum absolute atomic E-state index is 13.4. The second kappa shape index (κ2) is 5.16. The van der Waals surface area contributed by atoms with E-state index in [9.17, 15) is 8.78 Å². The van der Waals surface area contributed by atoms with Crippen molar-refractivity contribution in [1.29, 1.82) is 0 Å². The van der Waals surface area contributed by atoms with Crippen LogP contribution in [0, 0.1) is 0 Å². The van der Waals surface area contributed by atoms with Gasteiger partial charge in [0, 0.05) is 13.0 Å². The van der Waals surface area contributed by atoms with Gasteiger partial charge < -0.3 is 10.5 Å². The molecule has 2 N–H and O–H groups in total. The van der Waals surface area contributed by atoms with Crippen molar-refractivity contribution < 1.29 is 13.5 Å². The van der Waals surface area contributed by atoms with Gasteiger partial charge in [0.15, 0.2) is 0 Å². The zero-order valence-corrected chi connectivity index (χ0v) is 9.87. The van der Waals surface area contributed by atoms with Crippen molar-refractivity contribution in [2.24, 2.45) is 10.7 Å². The molecule has 6 heteroatoms. The molecule has 0 aromatic heterocycles. The van der Waals surface area contributed by atoms with Crippen LogP contribution in [-0.2, 0) is 4.74 Å². The lowest BCUT2D eigenvalue weighted by Gasteiger charge is -2.30. The highest BCUT2D eigenvalue weighted by Crippen LogP contribution is 2.40. The van der Waals surface area contributed by atoms with Crippen LogP contribution < -0.4 is 5.73 Å². The molecule has 2 saturated heterocycles. The number of hydrogen-bond donors (Lipinski definition) is 1. The van der Waals surface area contributed by atoms with E-state index in [1.54, 1.807) is 0 Å². The van der Waals surface area contributed by atoms with Gasteiger partial charge in [-0.1, -0.05) is 0 Å². The summed E-state index contributed by atoms with van der Waals surface area (Å²) in [4.78, 5) is 5.86. The summed E-state index contributed by atoms with van der Waals surface area (Å²) in [5.41, 5.74) is 5.29. The van der Waals surface area contributed by atoms with Crippen LogP contribution in [0.2, 0.25) is 0 Å². The van der Waals surface area contributed by atoms with E-state index in [0.717, 1.165) is 19.4 Å². The van der Waals surface area contributed by atoms with E-state index < -0.39 is 12.8 Å². The lowest BCUT2D eigenvalue weighted by Crippen LogP contribution is -2.43. The lowest BCUT2D eigenvalue weighted by molar-refractivity contribution is 0.105. The molecule has 0 aromatic rings. The Balaban J connectivity index is 1.89. The Morgan fingerprint density at radius 2 is 2.41 bits per heavy atom. The minimum absolute atomic E-state index is 0.00573. The molecule has 0 bridgehead atoms. The molecular weight excluding hydrogens is 228 g/mol. The Kier molecular flexibility index (Phi) is 3.81. The van der Waals surface area contributed by atoms with E-state index in [2.05, 4.69) is 9.89 Å². The van der Waals surface area contributed by atoms with Gasteiger partial charge in [0.25, 0.3) is 6.02 Å². The quantitative estimate of drug-likeness (QED) is 0.592. The van der Waals surface area contributed by atoms with Gasteiger partial charge in [-0.15, -0.1) is 0 Å². The third-order valence-corrected chi connectivity index (χ3v) is 3.60. The molecule has 2 heterocycles. The molecule has 0 saturated carbocycles. The first-order chi connectivity index (χ1) is 8.16. The molecule has 2 aliphatic heterocycles. The summed E-state index contributed by atoms with van der Waals surface area (Å²) in [7, 11) is 0. The van der Waals surface area contributed by atoms with Crippen molar-refractivity contribution in [1.82, 2.24) is 4.90 Å². The topological polar surface area (TPSA) is 50.9 Å². The summed E-state index contributed by atoms with van der Waals surface area (Å²) in [6.07, 6.45) is 1.73. The van der Waals surface area contributed by atoms with Crippen molar-refractivity contribution >= 4 is 6.02 Å². The second-order valence-corrected chi connectivity index (χ2v) is 4.77. The summed E-state index contributed by atoms with van der Waals surface area (Å²) in [6.45, 7) is 1.24. The largest absolute Gasteiger partial charge is 0.463 e. The number of nitrogens with zero attached hydrogens (tertiary/aromatic N) is 2. The van der Waals surface area contributed by atoms with Crippen molar-refractivity contribution in [3.8, 4) is 0 Å². The van der Waals surface area contributed by atoms with Crippen LogP contribution in [-0.4, -0.2) is 55.5 Å². The van der Waals surface area contributed by atoms with Crippen LogP contribution in [0.15, 0.2) is 4.99 Å². The van der Waals surface area contributed by atoms with Crippen molar-refractivity contribution in [3.05, 3.63) is 0 Å². The van der Waals surface area contributed by atoms with Gasteiger partial charge in [0.2, 0.25) is 0 Å². The monoisotopic (exact) mass is 247 g/mol. The molecule has 0 spiro atoms. The highest BCUT2D eigenvalue weighted by molar-refractivity contribution is 5.71. The summed E-state index contributed by atoms with van der Waals surface area (Å²) in [6, 6.07) is 0.00573. The molecule has 0 unspecified atom stereocenters. The fourth-order valence-corrected chi connectivity index (χ4v) is 2.86. The summed E-state index contributed by atoms with van der Waals surface area (Å²) in [5.74, 6) is 0. The first-order valence-electron chi connectivity index (χ1n) is 6.04. The summed E-state index contributed by atoms with van der Waals surface area (Å²) >= 11 is 0. The molecule has 0 radical (unpaired) electrons. The third kappa shape index (κ3) is 2.68. The average Bonchev–Trinajstić information content (AvgIpc) is 2.79. The molecule has 0 aliphatic carbocycles. The van der Waals surface area contributed by atoms with Gasteiger partial charge in [-0.05, 0) is 19.4 Å². The van der Waals surface area contributed by atoms with Crippen molar-refractivity contribution in [2.75, 3.05) is 32.9 Å². The summed E-state index contributed by atoms with van der Waals surface area (Å²) < 4.78 is 30.6. The van der Waals surface area contributed by atoms with Crippen molar-refractivity contribution in [2.45, 2.75) is 31.0 Å². The molecule has 2 aliphatic rings. The first kappa shape index (κ1) is 12.5. The predicted molar refractivity (Wildman–Crippen MR) is 61.5 cm³/mol. The van der Waals surface area contributed by atoms with Gasteiger partial charge in [0.1, 0.15) is 19.5 Å². The van der Waals surface area contributed by atoms with Gasteiger partial charge in [-0.25, -0.2) is 13.8 Å². The standard InChI is InChI=1S/C11H19F2N3O/c12-3-4-15-10(14)17-8-11-2-1-5-16(11)7-9(13)6-11/h9H,1-8H2,(H2,14,15)/t9-,11+/m1/s1. The number of alkyl halides is 2. The summed E-state index contributed by atoms with van der Waals surface area (Å²) in [5, 5.41) is 0. The molecule has 0 aromatic carbocycles. The third-order valence-electron chi connectivity index (χ3n) is 3.60. The van der Waals surface area contributed by atoms with Crippen molar-refractivity contribution in [3.63, 3.8) is 0 Å². The predicted octanol–water partition coefficient (Wildman–Crippen LogP) is 0.864. The molecule has 2 rings (SSSR count). The minimum Gasteiger partial charge on any atom is -0.463 e. The zero-order chi connectivity index (χ0) is 12.3. The molecule has 17 heavy (non-hydrogen) atoms. The van der Waals surface area contributed by atoms with E-state index in [1.807, 2.05) is 0 Å². The average molecular weight is 247 g/mol. The Morgan fingerprint density at radius 3 is 3.18 bits per heavy atom. The van der Waals surface area contributed by atoms with Crippen LogP contribution in [0.1, 0.15) is 19.3 Å². The van der Waals surface area contributed by atoms with E-state index in [-0.39, 0.29) is 18.1 Å². The second-order valence-electron chi connectivity index (χ2n) is 4.77. The van der Waals surface area contributed by atoms with E-state index in [0.29, 0.717) is 19.6 Å². The lowest BCUT2D eigenvalue weighted by atomic mass is 9.95. The molecule has 4 nitrogen and oxygen atoms in total. The fraction of sp³-hybridized carbons (Fsp3) is 0.909. The number of nitrogens with two attached hydrogens (primary N) is 1.